The second-order valence-electron chi connectivity index (χ2n) is 6.65. The average Bonchev–Trinajstić information content (AvgIpc) is 2.24. The minimum atomic E-state index is -1.68. The van der Waals surface area contributed by atoms with E-state index in [0.717, 1.165) is 6.42 Å². The van der Waals surface area contributed by atoms with Crippen LogP contribution in [0.25, 0.3) is 0 Å². The molecule has 0 radical (unpaired) electrons. The lowest BCUT2D eigenvalue weighted by Gasteiger charge is -2.38. The first-order chi connectivity index (χ1) is 8.15. The van der Waals surface area contributed by atoms with Gasteiger partial charge in [-0.25, -0.2) is 0 Å². The van der Waals surface area contributed by atoms with Gasteiger partial charge in [0.25, 0.3) is 0 Å². The standard InChI is InChI=1S/C14H28O3Si/c1-11-8-12(17-13(9-11)15-5)10-16-18(6,7)14(2,3)4/h9,12-13H,8,10H2,1-7H3/t12-,13+/m0/s1. The van der Waals surface area contributed by atoms with Crippen LogP contribution in [0.5, 0.6) is 0 Å². The molecule has 0 aromatic rings. The van der Waals surface area contributed by atoms with Crippen LogP contribution in [-0.2, 0) is 13.9 Å². The first kappa shape index (κ1) is 15.9. The molecular weight excluding hydrogens is 244 g/mol. The van der Waals surface area contributed by atoms with Crippen molar-refractivity contribution >= 4 is 8.32 Å². The summed E-state index contributed by atoms with van der Waals surface area (Å²) in [4.78, 5) is 0. The summed E-state index contributed by atoms with van der Waals surface area (Å²) in [5.41, 5.74) is 1.32. The largest absolute Gasteiger partial charge is 0.414 e. The Hall–Kier alpha value is -0.163. The average molecular weight is 272 g/mol. The van der Waals surface area contributed by atoms with Gasteiger partial charge in [-0.05, 0) is 37.6 Å². The van der Waals surface area contributed by atoms with Crippen LogP contribution < -0.4 is 0 Å². The van der Waals surface area contributed by atoms with Crippen molar-refractivity contribution in [2.75, 3.05) is 13.7 Å². The number of methoxy groups -OCH3 is 1. The van der Waals surface area contributed by atoms with Crippen LogP contribution >= 0.6 is 0 Å². The van der Waals surface area contributed by atoms with Gasteiger partial charge in [0.2, 0.25) is 0 Å². The summed E-state index contributed by atoms with van der Waals surface area (Å²) in [6.07, 6.45) is 2.87. The van der Waals surface area contributed by atoms with E-state index in [1.807, 2.05) is 6.08 Å². The number of rotatable bonds is 4. The molecule has 0 spiro atoms. The second kappa shape index (κ2) is 5.86. The lowest BCUT2D eigenvalue weighted by Crippen LogP contribution is -2.44. The first-order valence-electron chi connectivity index (χ1n) is 6.65. The summed E-state index contributed by atoms with van der Waals surface area (Å²) in [6, 6.07) is 0. The summed E-state index contributed by atoms with van der Waals surface area (Å²) in [6.45, 7) is 14.1. The Bertz CT molecular complexity index is 305. The molecule has 0 saturated carbocycles. The van der Waals surface area contributed by atoms with Crippen LogP contribution in [0.4, 0.5) is 0 Å². The van der Waals surface area contributed by atoms with Crippen molar-refractivity contribution in [3.05, 3.63) is 11.6 Å². The van der Waals surface area contributed by atoms with E-state index < -0.39 is 8.32 Å². The molecule has 0 aromatic heterocycles. The third kappa shape index (κ3) is 4.19. The maximum absolute atomic E-state index is 6.21. The molecule has 1 aliphatic heterocycles. The highest BCUT2D eigenvalue weighted by Gasteiger charge is 2.38. The fraction of sp³-hybridized carbons (Fsp3) is 0.857. The molecule has 0 fully saturated rings. The van der Waals surface area contributed by atoms with E-state index in [0.29, 0.717) is 6.61 Å². The molecular formula is C14H28O3Si. The third-order valence-electron chi connectivity index (χ3n) is 3.97. The van der Waals surface area contributed by atoms with E-state index in [-0.39, 0.29) is 17.4 Å². The summed E-state index contributed by atoms with van der Waals surface area (Å²) in [5.74, 6) is 0. The normalized spacial score (nSPS) is 26.1. The minimum Gasteiger partial charge on any atom is -0.414 e. The Labute approximate surface area is 113 Å². The van der Waals surface area contributed by atoms with Gasteiger partial charge < -0.3 is 13.9 Å². The lowest BCUT2D eigenvalue weighted by molar-refractivity contribution is -0.142. The summed E-state index contributed by atoms with van der Waals surface area (Å²) in [7, 11) is -0.0112. The van der Waals surface area contributed by atoms with E-state index in [2.05, 4.69) is 40.8 Å². The van der Waals surface area contributed by atoms with E-state index >= 15 is 0 Å². The van der Waals surface area contributed by atoms with Crippen molar-refractivity contribution in [2.45, 2.75) is 64.6 Å². The fourth-order valence-electron chi connectivity index (χ4n) is 1.68. The second-order valence-corrected chi connectivity index (χ2v) is 11.5. The summed E-state index contributed by atoms with van der Waals surface area (Å²) in [5, 5.41) is 0.243. The van der Waals surface area contributed by atoms with Gasteiger partial charge in [0.15, 0.2) is 14.6 Å². The molecule has 0 unspecified atom stereocenters. The predicted molar refractivity (Wildman–Crippen MR) is 77.2 cm³/mol. The highest BCUT2D eigenvalue weighted by Crippen LogP contribution is 2.37. The molecule has 0 saturated heterocycles. The van der Waals surface area contributed by atoms with Crippen LogP contribution in [-0.4, -0.2) is 34.4 Å². The van der Waals surface area contributed by atoms with Crippen LogP contribution in [0.1, 0.15) is 34.1 Å². The quantitative estimate of drug-likeness (QED) is 0.577. The van der Waals surface area contributed by atoms with Gasteiger partial charge in [-0.3, -0.25) is 0 Å². The molecule has 0 bridgehead atoms. The Morgan fingerprint density at radius 2 is 2.00 bits per heavy atom. The molecule has 1 aliphatic rings. The van der Waals surface area contributed by atoms with Gasteiger partial charge in [0, 0.05) is 7.11 Å². The molecule has 4 heteroatoms. The van der Waals surface area contributed by atoms with Crippen LogP contribution in [0, 0.1) is 0 Å². The topological polar surface area (TPSA) is 27.7 Å². The molecule has 0 N–H and O–H groups in total. The molecule has 0 aromatic carbocycles. The van der Waals surface area contributed by atoms with Gasteiger partial charge >= 0.3 is 0 Å². The van der Waals surface area contributed by atoms with Crippen molar-refractivity contribution in [2.24, 2.45) is 0 Å². The van der Waals surface area contributed by atoms with Gasteiger partial charge in [-0.2, -0.15) is 0 Å². The van der Waals surface area contributed by atoms with E-state index in [1.165, 1.54) is 5.57 Å². The van der Waals surface area contributed by atoms with Gasteiger partial charge in [-0.15, -0.1) is 0 Å². The monoisotopic (exact) mass is 272 g/mol. The van der Waals surface area contributed by atoms with Gasteiger partial charge in [0.05, 0.1) is 12.7 Å². The molecule has 2 atom stereocenters. The third-order valence-corrected chi connectivity index (χ3v) is 8.47. The highest BCUT2D eigenvalue weighted by molar-refractivity contribution is 6.74. The molecule has 106 valence electrons. The molecule has 1 heterocycles. The minimum absolute atomic E-state index is 0.120. The molecule has 0 amide bonds. The predicted octanol–water partition coefficient (Wildman–Crippen LogP) is 3.72. The van der Waals surface area contributed by atoms with Crippen LogP contribution in [0.15, 0.2) is 11.6 Å². The summed E-state index contributed by atoms with van der Waals surface area (Å²) >= 11 is 0. The molecule has 1 rings (SSSR count). The maximum Gasteiger partial charge on any atom is 0.192 e. The van der Waals surface area contributed by atoms with E-state index in [4.69, 9.17) is 13.9 Å². The zero-order chi connectivity index (χ0) is 14.0. The van der Waals surface area contributed by atoms with Crippen LogP contribution in [0.3, 0.4) is 0 Å². The van der Waals surface area contributed by atoms with E-state index in [1.54, 1.807) is 7.11 Å². The SMILES string of the molecule is CO[C@H]1C=C(C)C[C@@H](CO[Si](C)(C)C(C)(C)C)O1. The molecule has 0 aliphatic carbocycles. The van der Waals surface area contributed by atoms with Crippen molar-refractivity contribution in [3.8, 4) is 0 Å². The van der Waals surface area contributed by atoms with Crippen molar-refractivity contribution in [1.29, 1.82) is 0 Å². The highest BCUT2D eigenvalue weighted by atomic mass is 28.4. The zero-order valence-corrected chi connectivity index (χ0v) is 13.9. The number of hydrogen-bond donors (Lipinski definition) is 0. The van der Waals surface area contributed by atoms with Crippen molar-refractivity contribution in [1.82, 2.24) is 0 Å². The molecule has 18 heavy (non-hydrogen) atoms. The van der Waals surface area contributed by atoms with Crippen molar-refractivity contribution in [3.63, 3.8) is 0 Å². The number of hydrogen-bond acceptors (Lipinski definition) is 3. The lowest BCUT2D eigenvalue weighted by atomic mass is 10.1. The Kier molecular flexibility index (Phi) is 5.18. The van der Waals surface area contributed by atoms with E-state index in [9.17, 15) is 0 Å². The zero-order valence-electron chi connectivity index (χ0n) is 12.9. The number of ether oxygens (including phenoxy) is 2. The first-order valence-corrected chi connectivity index (χ1v) is 9.56. The van der Waals surface area contributed by atoms with Gasteiger partial charge in [-0.1, -0.05) is 26.3 Å². The Morgan fingerprint density at radius 3 is 2.50 bits per heavy atom. The molecule has 3 nitrogen and oxygen atoms in total. The Balaban J connectivity index is 2.53. The summed E-state index contributed by atoms with van der Waals surface area (Å²) < 4.78 is 17.3. The van der Waals surface area contributed by atoms with Crippen molar-refractivity contribution < 1.29 is 13.9 Å². The fourth-order valence-corrected chi connectivity index (χ4v) is 2.71. The van der Waals surface area contributed by atoms with Crippen LogP contribution in [0.2, 0.25) is 18.1 Å². The van der Waals surface area contributed by atoms with Gasteiger partial charge in [0.1, 0.15) is 0 Å². The Morgan fingerprint density at radius 1 is 1.39 bits per heavy atom. The maximum atomic E-state index is 6.21. The smallest absolute Gasteiger partial charge is 0.192 e.